The van der Waals surface area contributed by atoms with Gasteiger partial charge in [0.2, 0.25) is 0 Å². The number of rotatable bonds is 5. The van der Waals surface area contributed by atoms with E-state index in [0.29, 0.717) is 0 Å². The van der Waals surface area contributed by atoms with Crippen molar-refractivity contribution in [3.05, 3.63) is 28.8 Å². The molecule has 0 aliphatic rings. The number of nitriles is 1. The van der Waals surface area contributed by atoms with E-state index in [2.05, 4.69) is 4.74 Å². The van der Waals surface area contributed by atoms with Gasteiger partial charge in [-0.1, -0.05) is 6.07 Å². The van der Waals surface area contributed by atoms with Crippen LogP contribution in [0.25, 0.3) is 0 Å². The zero-order chi connectivity index (χ0) is 16.0. The number of hydrogen-bond acceptors (Lipinski definition) is 4. The molecule has 0 aromatic heterocycles. The van der Waals surface area contributed by atoms with E-state index in [-0.39, 0.29) is 35.6 Å². The van der Waals surface area contributed by atoms with Gasteiger partial charge in [0.1, 0.15) is 11.8 Å². The first-order valence-corrected chi connectivity index (χ1v) is 6.37. The molecule has 0 radical (unpaired) electrons. The van der Waals surface area contributed by atoms with Gasteiger partial charge >= 0.3 is 12.3 Å². The third kappa shape index (κ3) is 5.16. The Kier molecular flexibility index (Phi) is 5.85. The molecule has 0 heterocycles. The normalized spacial score (nSPS) is 10.9. The van der Waals surface area contributed by atoms with Crippen molar-refractivity contribution in [3.8, 4) is 11.8 Å². The Bertz CT molecular complexity index is 567. The summed E-state index contributed by atoms with van der Waals surface area (Å²) >= 11 is 5.62. The third-order valence-electron chi connectivity index (χ3n) is 2.38. The fourth-order valence-electron chi connectivity index (χ4n) is 1.65. The fourth-order valence-corrected chi connectivity index (χ4v) is 1.87. The second kappa shape index (κ2) is 7.18. The average molecular weight is 322 g/mol. The molecule has 1 aromatic rings. The molecule has 1 rings (SSSR count). The van der Waals surface area contributed by atoms with Gasteiger partial charge in [-0.3, -0.25) is 4.79 Å². The maximum atomic E-state index is 12.4. The number of hydrogen-bond donors (Lipinski definition) is 0. The van der Waals surface area contributed by atoms with E-state index in [1.807, 2.05) is 0 Å². The van der Waals surface area contributed by atoms with E-state index in [0.717, 1.165) is 6.07 Å². The van der Waals surface area contributed by atoms with Crippen LogP contribution < -0.4 is 4.74 Å². The predicted molar refractivity (Wildman–Crippen MR) is 67.7 cm³/mol. The Morgan fingerprint density at radius 3 is 2.57 bits per heavy atom. The molecule has 1 aromatic carbocycles. The molecule has 0 bridgehead atoms. The highest BCUT2D eigenvalue weighted by Crippen LogP contribution is 2.30. The van der Waals surface area contributed by atoms with E-state index < -0.39 is 18.1 Å². The highest BCUT2D eigenvalue weighted by Gasteiger charge is 2.33. The van der Waals surface area contributed by atoms with Crippen LogP contribution in [0.1, 0.15) is 23.6 Å². The van der Waals surface area contributed by atoms with Crippen LogP contribution in [0.3, 0.4) is 0 Å². The van der Waals surface area contributed by atoms with Crippen LogP contribution in [0.15, 0.2) is 12.1 Å². The predicted octanol–water partition coefficient (Wildman–Crippen LogP) is 3.30. The summed E-state index contributed by atoms with van der Waals surface area (Å²) in [5, 5.41) is 8.94. The Morgan fingerprint density at radius 1 is 1.43 bits per heavy atom. The molecule has 114 valence electrons. The van der Waals surface area contributed by atoms with Gasteiger partial charge in [0.15, 0.2) is 0 Å². The van der Waals surface area contributed by atoms with Crippen LogP contribution in [-0.4, -0.2) is 18.9 Å². The van der Waals surface area contributed by atoms with Crippen molar-refractivity contribution in [2.75, 3.05) is 6.61 Å². The van der Waals surface area contributed by atoms with Gasteiger partial charge in [-0.2, -0.15) is 5.26 Å². The Labute approximate surface area is 124 Å². The highest BCUT2D eigenvalue weighted by atomic mass is 35.5. The molecule has 0 spiro atoms. The topological polar surface area (TPSA) is 59.3 Å². The first-order chi connectivity index (χ1) is 9.80. The maximum Gasteiger partial charge on any atom is 0.573 e. The van der Waals surface area contributed by atoms with Gasteiger partial charge in [-0.15, -0.1) is 24.8 Å². The molecule has 0 unspecified atom stereocenters. The van der Waals surface area contributed by atoms with Crippen molar-refractivity contribution < 1.29 is 27.4 Å². The summed E-state index contributed by atoms with van der Waals surface area (Å²) in [6.07, 6.45) is -5.19. The lowest BCUT2D eigenvalue weighted by Gasteiger charge is -2.14. The van der Waals surface area contributed by atoms with Gasteiger partial charge in [-0.25, -0.2) is 0 Å². The van der Waals surface area contributed by atoms with Gasteiger partial charge in [0.25, 0.3) is 0 Å². The SMILES string of the molecule is CCOC(=O)Cc1cc(CCl)c(C#N)c(OC(F)(F)F)c1. The summed E-state index contributed by atoms with van der Waals surface area (Å²) in [6.45, 7) is 1.77. The second-order valence-corrected chi connectivity index (χ2v) is 4.17. The van der Waals surface area contributed by atoms with Crippen molar-refractivity contribution >= 4 is 17.6 Å². The van der Waals surface area contributed by atoms with Crippen molar-refractivity contribution in [1.82, 2.24) is 0 Å². The molecule has 0 amide bonds. The third-order valence-corrected chi connectivity index (χ3v) is 2.67. The Balaban J connectivity index is 3.21. The van der Waals surface area contributed by atoms with Gasteiger partial charge in [-0.05, 0) is 24.1 Å². The molecule has 0 N–H and O–H groups in total. The monoisotopic (exact) mass is 321 g/mol. The van der Waals surface area contributed by atoms with E-state index in [1.54, 1.807) is 13.0 Å². The van der Waals surface area contributed by atoms with E-state index in [4.69, 9.17) is 21.6 Å². The van der Waals surface area contributed by atoms with E-state index in [1.165, 1.54) is 6.07 Å². The summed E-state index contributed by atoms with van der Waals surface area (Å²) < 4.78 is 45.6. The molecule has 21 heavy (non-hydrogen) atoms. The van der Waals surface area contributed by atoms with Crippen molar-refractivity contribution in [2.45, 2.75) is 25.6 Å². The summed E-state index contributed by atoms with van der Waals surface area (Å²) in [5.74, 6) is -1.46. The molecule has 0 aliphatic heterocycles. The van der Waals surface area contributed by atoms with Crippen LogP contribution in [0.4, 0.5) is 13.2 Å². The standard InChI is InChI=1S/C13H11ClF3NO3/c1-2-20-12(19)5-8-3-9(6-14)10(7-18)11(4-8)21-13(15,16)17/h3-4H,2,5-6H2,1H3. The molecular formula is C13H11ClF3NO3. The lowest BCUT2D eigenvalue weighted by atomic mass is 10.0. The number of carbonyl (C=O) groups excluding carboxylic acids is 1. The first-order valence-electron chi connectivity index (χ1n) is 5.84. The molecule has 0 aliphatic carbocycles. The molecule has 0 fully saturated rings. The minimum Gasteiger partial charge on any atom is -0.466 e. The Hall–Kier alpha value is -1.94. The fraction of sp³-hybridized carbons (Fsp3) is 0.385. The molecular weight excluding hydrogens is 311 g/mol. The minimum atomic E-state index is -4.95. The van der Waals surface area contributed by atoms with Crippen LogP contribution in [0, 0.1) is 11.3 Å². The second-order valence-electron chi connectivity index (χ2n) is 3.90. The number of nitrogens with zero attached hydrogens (tertiary/aromatic N) is 1. The smallest absolute Gasteiger partial charge is 0.466 e. The molecule has 0 saturated heterocycles. The van der Waals surface area contributed by atoms with Gasteiger partial charge in [0, 0.05) is 5.88 Å². The van der Waals surface area contributed by atoms with Gasteiger partial charge < -0.3 is 9.47 Å². The summed E-state index contributed by atoms with van der Waals surface area (Å²) in [5.41, 5.74) is 0.0671. The lowest BCUT2D eigenvalue weighted by Crippen LogP contribution is -2.18. The lowest BCUT2D eigenvalue weighted by molar-refractivity contribution is -0.274. The molecule has 8 heteroatoms. The number of alkyl halides is 4. The largest absolute Gasteiger partial charge is 0.573 e. The summed E-state index contributed by atoms with van der Waals surface area (Å²) in [4.78, 5) is 11.4. The zero-order valence-corrected chi connectivity index (χ0v) is 11.7. The Morgan fingerprint density at radius 2 is 2.10 bits per heavy atom. The number of benzene rings is 1. The van der Waals surface area contributed by atoms with Crippen LogP contribution >= 0.6 is 11.6 Å². The minimum absolute atomic E-state index is 0.153. The van der Waals surface area contributed by atoms with Gasteiger partial charge in [0.05, 0.1) is 18.6 Å². The van der Waals surface area contributed by atoms with E-state index in [9.17, 15) is 18.0 Å². The highest BCUT2D eigenvalue weighted by molar-refractivity contribution is 6.17. The summed E-state index contributed by atoms with van der Waals surface area (Å²) in [6, 6.07) is 3.98. The number of carbonyl (C=O) groups is 1. The number of halogens is 4. The van der Waals surface area contributed by atoms with Crippen molar-refractivity contribution in [3.63, 3.8) is 0 Å². The molecule has 0 saturated carbocycles. The zero-order valence-electron chi connectivity index (χ0n) is 11.0. The maximum absolute atomic E-state index is 12.4. The summed E-state index contributed by atoms with van der Waals surface area (Å²) in [7, 11) is 0. The quantitative estimate of drug-likeness (QED) is 0.616. The average Bonchev–Trinajstić information content (AvgIpc) is 2.36. The molecule has 4 nitrogen and oxygen atoms in total. The van der Waals surface area contributed by atoms with Crippen LogP contribution in [-0.2, 0) is 21.8 Å². The van der Waals surface area contributed by atoms with Crippen molar-refractivity contribution in [1.29, 1.82) is 5.26 Å². The molecule has 0 atom stereocenters. The van der Waals surface area contributed by atoms with Crippen molar-refractivity contribution in [2.24, 2.45) is 0 Å². The van der Waals surface area contributed by atoms with E-state index >= 15 is 0 Å². The number of ether oxygens (including phenoxy) is 2. The van der Waals surface area contributed by atoms with Crippen LogP contribution in [0.2, 0.25) is 0 Å². The van der Waals surface area contributed by atoms with Crippen LogP contribution in [0.5, 0.6) is 5.75 Å². The first kappa shape index (κ1) is 17.1. The number of esters is 1.